The lowest BCUT2D eigenvalue weighted by molar-refractivity contribution is 0.650. The van der Waals surface area contributed by atoms with E-state index < -0.39 is 0 Å². The summed E-state index contributed by atoms with van der Waals surface area (Å²) in [6.45, 7) is 10.5. The molecule has 2 aromatic rings. The second-order valence-corrected chi connectivity index (χ2v) is 6.39. The molecule has 1 fully saturated rings. The summed E-state index contributed by atoms with van der Waals surface area (Å²) >= 11 is 0. The molecule has 0 bridgehead atoms. The molecule has 1 aliphatic carbocycles. The maximum absolute atomic E-state index is 4.75. The standard InChI is InChI=1S/C18H25N3/c1-12-5-6-13(2)16(9-12)11-21-15(4)18(14(3)20-21)10-19-17-7-8-17/h5-6,9,17,19H,7-8,10-11H2,1-4H3. The molecule has 1 N–H and O–H groups in total. The van der Waals surface area contributed by atoms with E-state index in [9.17, 15) is 0 Å². The van der Waals surface area contributed by atoms with Gasteiger partial charge in [-0.3, -0.25) is 4.68 Å². The number of nitrogens with one attached hydrogen (secondary N) is 1. The third-order valence-electron chi connectivity index (χ3n) is 4.50. The number of nitrogens with zero attached hydrogens (tertiary/aromatic N) is 2. The van der Waals surface area contributed by atoms with Crippen LogP contribution in [0.4, 0.5) is 0 Å². The van der Waals surface area contributed by atoms with Crippen molar-refractivity contribution in [1.29, 1.82) is 0 Å². The van der Waals surface area contributed by atoms with E-state index in [-0.39, 0.29) is 0 Å². The van der Waals surface area contributed by atoms with Gasteiger partial charge in [0.2, 0.25) is 0 Å². The van der Waals surface area contributed by atoms with Gasteiger partial charge in [-0.2, -0.15) is 5.10 Å². The predicted octanol–water partition coefficient (Wildman–Crippen LogP) is 3.42. The highest BCUT2D eigenvalue weighted by atomic mass is 15.3. The van der Waals surface area contributed by atoms with Crippen LogP contribution in [0.5, 0.6) is 0 Å². The summed E-state index contributed by atoms with van der Waals surface area (Å²) in [4.78, 5) is 0. The van der Waals surface area contributed by atoms with Crippen LogP contribution in [0.15, 0.2) is 18.2 Å². The second-order valence-electron chi connectivity index (χ2n) is 6.39. The summed E-state index contributed by atoms with van der Waals surface area (Å²) in [6.07, 6.45) is 2.66. The fraction of sp³-hybridized carbons (Fsp3) is 0.500. The fourth-order valence-corrected chi connectivity index (χ4v) is 2.81. The van der Waals surface area contributed by atoms with Crippen molar-refractivity contribution >= 4 is 0 Å². The van der Waals surface area contributed by atoms with E-state index in [0.717, 1.165) is 24.8 Å². The van der Waals surface area contributed by atoms with Gasteiger partial charge in [0.15, 0.2) is 0 Å². The quantitative estimate of drug-likeness (QED) is 0.911. The van der Waals surface area contributed by atoms with Gasteiger partial charge in [-0.05, 0) is 51.7 Å². The van der Waals surface area contributed by atoms with Crippen molar-refractivity contribution in [3.63, 3.8) is 0 Å². The molecular formula is C18H25N3. The lowest BCUT2D eigenvalue weighted by Crippen LogP contribution is -2.16. The number of hydrogen-bond donors (Lipinski definition) is 1. The van der Waals surface area contributed by atoms with Crippen LogP contribution in [0.1, 0.15) is 46.5 Å². The average molecular weight is 283 g/mol. The van der Waals surface area contributed by atoms with Crippen molar-refractivity contribution in [2.45, 2.75) is 59.7 Å². The Balaban J connectivity index is 1.81. The predicted molar refractivity (Wildman–Crippen MR) is 86.6 cm³/mol. The monoisotopic (exact) mass is 283 g/mol. The van der Waals surface area contributed by atoms with Crippen LogP contribution in [0.25, 0.3) is 0 Å². The van der Waals surface area contributed by atoms with Gasteiger partial charge in [-0.15, -0.1) is 0 Å². The van der Waals surface area contributed by atoms with Crippen molar-refractivity contribution in [2.75, 3.05) is 0 Å². The average Bonchev–Trinajstić information content (AvgIpc) is 3.22. The van der Waals surface area contributed by atoms with Crippen LogP contribution in [0.2, 0.25) is 0 Å². The van der Waals surface area contributed by atoms with E-state index in [1.807, 2.05) is 0 Å². The van der Waals surface area contributed by atoms with Crippen molar-refractivity contribution in [1.82, 2.24) is 15.1 Å². The number of aromatic nitrogens is 2. The molecule has 3 nitrogen and oxygen atoms in total. The summed E-state index contributed by atoms with van der Waals surface area (Å²) in [6, 6.07) is 7.39. The Kier molecular flexibility index (Phi) is 3.85. The van der Waals surface area contributed by atoms with Gasteiger partial charge in [-0.1, -0.05) is 23.8 Å². The highest BCUT2D eigenvalue weighted by Crippen LogP contribution is 2.21. The third kappa shape index (κ3) is 3.18. The number of hydrogen-bond acceptors (Lipinski definition) is 2. The molecule has 1 saturated carbocycles. The zero-order valence-electron chi connectivity index (χ0n) is 13.5. The molecule has 0 radical (unpaired) electrons. The highest BCUT2D eigenvalue weighted by Gasteiger charge is 2.21. The first-order chi connectivity index (χ1) is 10.0. The fourth-order valence-electron chi connectivity index (χ4n) is 2.81. The summed E-state index contributed by atoms with van der Waals surface area (Å²) in [7, 11) is 0. The van der Waals surface area contributed by atoms with Crippen molar-refractivity contribution < 1.29 is 0 Å². The van der Waals surface area contributed by atoms with Crippen LogP contribution in [-0.2, 0) is 13.1 Å². The topological polar surface area (TPSA) is 29.9 Å². The summed E-state index contributed by atoms with van der Waals surface area (Å²) in [5.41, 5.74) is 7.83. The maximum atomic E-state index is 4.75. The molecule has 0 aliphatic heterocycles. The number of benzene rings is 1. The minimum Gasteiger partial charge on any atom is -0.310 e. The molecule has 0 unspecified atom stereocenters. The Hall–Kier alpha value is -1.61. The first-order valence-electron chi connectivity index (χ1n) is 7.87. The lowest BCUT2D eigenvalue weighted by atomic mass is 10.1. The van der Waals surface area contributed by atoms with Crippen LogP contribution >= 0.6 is 0 Å². The Morgan fingerprint density at radius 1 is 1.19 bits per heavy atom. The molecule has 3 rings (SSSR count). The smallest absolute Gasteiger partial charge is 0.0665 e. The molecular weight excluding hydrogens is 258 g/mol. The number of rotatable bonds is 5. The van der Waals surface area contributed by atoms with Crippen molar-refractivity contribution in [3.8, 4) is 0 Å². The van der Waals surface area contributed by atoms with E-state index in [0.29, 0.717) is 0 Å². The largest absolute Gasteiger partial charge is 0.310 e. The van der Waals surface area contributed by atoms with Gasteiger partial charge < -0.3 is 5.32 Å². The molecule has 21 heavy (non-hydrogen) atoms. The first kappa shape index (κ1) is 14.3. The summed E-state index contributed by atoms with van der Waals surface area (Å²) < 4.78 is 2.15. The molecule has 1 aromatic heterocycles. The van der Waals surface area contributed by atoms with Crippen LogP contribution in [-0.4, -0.2) is 15.8 Å². The van der Waals surface area contributed by atoms with Gasteiger partial charge in [0.1, 0.15) is 0 Å². The lowest BCUT2D eigenvalue weighted by Gasteiger charge is -2.10. The zero-order valence-corrected chi connectivity index (χ0v) is 13.5. The van der Waals surface area contributed by atoms with Gasteiger partial charge in [0.05, 0.1) is 12.2 Å². The van der Waals surface area contributed by atoms with Gasteiger partial charge >= 0.3 is 0 Å². The molecule has 0 atom stereocenters. The SMILES string of the molecule is Cc1ccc(C)c(Cn2nc(C)c(CNC3CC3)c2C)c1. The molecule has 1 aromatic carbocycles. The number of aryl methyl sites for hydroxylation is 3. The maximum Gasteiger partial charge on any atom is 0.0665 e. The zero-order chi connectivity index (χ0) is 15.0. The van der Waals surface area contributed by atoms with Gasteiger partial charge in [0.25, 0.3) is 0 Å². The molecule has 1 heterocycles. The molecule has 0 spiro atoms. The minimum absolute atomic E-state index is 0.742. The minimum atomic E-state index is 0.742. The van der Waals surface area contributed by atoms with Crippen LogP contribution < -0.4 is 5.32 Å². The van der Waals surface area contributed by atoms with Crippen LogP contribution in [0, 0.1) is 27.7 Å². The highest BCUT2D eigenvalue weighted by molar-refractivity contribution is 5.32. The van der Waals surface area contributed by atoms with Crippen molar-refractivity contribution in [3.05, 3.63) is 51.8 Å². The van der Waals surface area contributed by atoms with E-state index in [1.165, 1.54) is 40.8 Å². The summed E-state index contributed by atoms with van der Waals surface area (Å²) in [5.74, 6) is 0. The molecule has 3 heteroatoms. The Morgan fingerprint density at radius 3 is 2.67 bits per heavy atom. The Morgan fingerprint density at radius 2 is 1.95 bits per heavy atom. The van der Waals surface area contributed by atoms with Crippen LogP contribution in [0.3, 0.4) is 0 Å². The van der Waals surface area contributed by atoms with E-state index in [1.54, 1.807) is 0 Å². The van der Waals surface area contributed by atoms with Crippen molar-refractivity contribution in [2.24, 2.45) is 0 Å². The van der Waals surface area contributed by atoms with Gasteiger partial charge in [0, 0.05) is 23.8 Å². The molecule has 0 amide bonds. The van der Waals surface area contributed by atoms with E-state index in [4.69, 9.17) is 5.10 Å². The molecule has 112 valence electrons. The van der Waals surface area contributed by atoms with Gasteiger partial charge in [-0.25, -0.2) is 0 Å². The Labute approximate surface area is 127 Å². The molecule has 1 aliphatic rings. The van der Waals surface area contributed by atoms with E-state index in [2.05, 4.69) is 55.9 Å². The van der Waals surface area contributed by atoms with E-state index >= 15 is 0 Å². The molecule has 0 saturated heterocycles. The third-order valence-corrected chi connectivity index (χ3v) is 4.50. The summed E-state index contributed by atoms with van der Waals surface area (Å²) in [5, 5.41) is 8.35. The first-order valence-corrected chi connectivity index (χ1v) is 7.87. The second kappa shape index (κ2) is 5.64. The normalized spacial score (nSPS) is 14.7. The Bertz CT molecular complexity index is 651.